The minimum absolute atomic E-state index is 0.117. The number of para-hydroxylation sites is 2. The lowest BCUT2D eigenvalue weighted by molar-refractivity contribution is -0.127. The van der Waals surface area contributed by atoms with E-state index in [2.05, 4.69) is 5.32 Å². The van der Waals surface area contributed by atoms with E-state index in [0.717, 1.165) is 22.4 Å². The van der Waals surface area contributed by atoms with Crippen molar-refractivity contribution in [2.45, 2.75) is 0 Å². The summed E-state index contributed by atoms with van der Waals surface area (Å²) in [5.41, 5.74) is 1.11. The van der Waals surface area contributed by atoms with E-state index in [1.54, 1.807) is 36.4 Å². The molecule has 0 atom stereocenters. The Hall–Kier alpha value is -4.44. The molecule has 10 heteroatoms. The maximum Gasteiger partial charge on any atom is 0.294 e. The SMILES string of the molecule is O=C(CN1C(=O)S/C(=C/c2ccccc2OCCOc2ccccc2)C1=O)Nc1ccc2c(c1)OCO2. The first-order chi connectivity index (χ1) is 18.1. The predicted molar refractivity (Wildman–Crippen MR) is 138 cm³/mol. The van der Waals surface area contributed by atoms with Crippen LogP contribution in [-0.2, 0) is 9.59 Å². The van der Waals surface area contributed by atoms with Gasteiger partial charge in [0.2, 0.25) is 12.7 Å². The first-order valence-corrected chi connectivity index (χ1v) is 12.2. The average Bonchev–Trinajstić information content (AvgIpc) is 3.47. The Morgan fingerprint density at radius 1 is 0.946 bits per heavy atom. The first kappa shape index (κ1) is 24.3. The molecule has 0 unspecified atom stereocenters. The number of nitrogens with zero attached hydrogens (tertiary/aromatic N) is 1. The van der Waals surface area contributed by atoms with Gasteiger partial charge in [0, 0.05) is 17.3 Å². The summed E-state index contributed by atoms with van der Waals surface area (Å²) in [6.45, 7) is 0.339. The molecule has 9 nitrogen and oxygen atoms in total. The maximum atomic E-state index is 12.9. The van der Waals surface area contributed by atoms with E-state index < -0.39 is 23.6 Å². The third-order valence-electron chi connectivity index (χ3n) is 5.39. The molecule has 0 saturated carbocycles. The van der Waals surface area contributed by atoms with E-state index in [4.69, 9.17) is 18.9 Å². The van der Waals surface area contributed by atoms with Crippen LogP contribution >= 0.6 is 11.8 Å². The molecule has 1 N–H and O–H groups in total. The third kappa shape index (κ3) is 5.87. The second-order valence-electron chi connectivity index (χ2n) is 7.93. The summed E-state index contributed by atoms with van der Waals surface area (Å²) in [7, 11) is 0. The highest BCUT2D eigenvalue weighted by Crippen LogP contribution is 2.35. The number of nitrogens with one attached hydrogen (secondary N) is 1. The van der Waals surface area contributed by atoms with Crippen LogP contribution in [0.2, 0.25) is 0 Å². The van der Waals surface area contributed by atoms with E-state index in [0.29, 0.717) is 41.7 Å². The molecule has 0 bridgehead atoms. The number of imide groups is 1. The van der Waals surface area contributed by atoms with E-state index in [1.807, 2.05) is 42.5 Å². The summed E-state index contributed by atoms with van der Waals surface area (Å²) in [6, 6.07) is 21.5. The summed E-state index contributed by atoms with van der Waals surface area (Å²) in [5.74, 6) is 1.34. The molecule has 2 heterocycles. The molecule has 3 amide bonds. The highest BCUT2D eigenvalue weighted by Gasteiger charge is 2.36. The quantitative estimate of drug-likeness (QED) is 0.325. The Morgan fingerprint density at radius 2 is 1.70 bits per heavy atom. The zero-order valence-electron chi connectivity index (χ0n) is 19.5. The van der Waals surface area contributed by atoms with E-state index in [-0.39, 0.29) is 11.7 Å². The molecule has 0 radical (unpaired) electrons. The van der Waals surface area contributed by atoms with Gasteiger partial charge in [-0.15, -0.1) is 0 Å². The number of rotatable bonds is 9. The Morgan fingerprint density at radius 3 is 2.57 bits per heavy atom. The number of carbonyl (C=O) groups excluding carboxylic acids is 3. The van der Waals surface area contributed by atoms with Crippen LogP contribution < -0.4 is 24.3 Å². The largest absolute Gasteiger partial charge is 0.490 e. The predicted octanol–water partition coefficient (Wildman–Crippen LogP) is 4.55. The Bertz CT molecular complexity index is 1360. The van der Waals surface area contributed by atoms with Crippen molar-refractivity contribution in [1.29, 1.82) is 0 Å². The van der Waals surface area contributed by atoms with Crippen LogP contribution in [0, 0.1) is 0 Å². The second kappa shape index (κ2) is 11.1. The van der Waals surface area contributed by atoms with Crippen LogP contribution in [0.1, 0.15) is 5.56 Å². The van der Waals surface area contributed by atoms with Crippen molar-refractivity contribution in [3.05, 3.63) is 83.3 Å². The molecule has 37 heavy (non-hydrogen) atoms. The van der Waals surface area contributed by atoms with Crippen molar-refractivity contribution in [2.75, 3.05) is 31.9 Å². The van der Waals surface area contributed by atoms with Crippen molar-refractivity contribution >= 4 is 40.6 Å². The normalized spacial score (nSPS) is 15.2. The van der Waals surface area contributed by atoms with Crippen molar-refractivity contribution in [1.82, 2.24) is 4.90 Å². The fourth-order valence-corrected chi connectivity index (χ4v) is 4.48. The summed E-state index contributed by atoms with van der Waals surface area (Å²) < 4.78 is 22.0. The summed E-state index contributed by atoms with van der Waals surface area (Å²) >= 11 is 0.777. The molecule has 0 aromatic heterocycles. The van der Waals surface area contributed by atoms with Crippen LogP contribution in [0.4, 0.5) is 10.5 Å². The number of carbonyl (C=O) groups is 3. The fraction of sp³-hybridized carbons (Fsp3) is 0.148. The molecular formula is C27H22N2O7S. The maximum absolute atomic E-state index is 12.9. The van der Waals surface area contributed by atoms with Gasteiger partial charge in [0.15, 0.2) is 11.5 Å². The summed E-state index contributed by atoms with van der Waals surface area (Å²) in [6.07, 6.45) is 1.59. The van der Waals surface area contributed by atoms with Crippen LogP contribution in [-0.4, -0.2) is 48.5 Å². The molecule has 1 fully saturated rings. The van der Waals surface area contributed by atoms with Gasteiger partial charge >= 0.3 is 0 Å². The van der Waals surface area contributed by atoms with E-state index in [9.17, 15) is 14.4 Å². The van der Waals surface area contributed by atoms with Gasteiger partial charge < -0.3 is 24.3 Å². The summed E-state index contributed by atoms with van der Waals surface area (Å²) in [4.78, 5) is 39.1. The zero-order chi connectivity index (χ0) is 25.6. The van der Waals surface area contributed by atoms with E-state index >= 15 is 0 Å². The monoisotopic (exact) mass is 518 g/mol. The molecule has 3 aromatic carbocycles. The number of benzene rings is 3. The number of fused-ring (bicyclic) bond motifs is 1. The van der Waals surface area contributed by atoms with Crippen molar-refractivity contribution in [2.24, 2.45) is 0 Å². The molecular weight excluding hydrogens is 496 g/mol. The van der Waals surface area contributed by atoms with Gasteiger partial charge in [-0.2, -0.15) is 0 Å². The molecule has 1 saturated heterocycles. The number of hydrogen-bond donors (Lipinski definition) is 1. The number of ether oxygens (including phenoxy) is 4. The topological polar surface area (TPSA) is 103 Å². The lowest BCUT2D eigenvalue weighted by Crippen LogP contribution is -2.36. The Balaban J connectivity index is 1.19. The lowest BCUT2D eigenvalue weighted by Gasteiger charge is -2.13. The van der Waals surface area contributed by atoms with E-state index in [1.165, 1.54) is 0 Å². The molecule has 5 rings (SSSR count). The van der Waals surface area contributed by atoms with Crippen LogP contribution in [0.5, 0.6) is 23.0 Å². The molecule has 2 aliphatic heterocycles. The minimum atomic E-state index is -0.543. The zero-order valence-corrected chi connectivity index (χ0v) is 20.4. The second-order valence-corrected chi connectivity index (χ2v) is 8.93. The minimum Gasteiger partial charge on any atom is -0.490 e. The van der Waals surface area contributed by atoms with Gasteiger partial charge in [-0.05, 0) is 48.2 Å². The number of thioether (sulfide) groups is 1. The lowest BCUT2D eigenvalue weighted by atomic mass is 10.2. The third-order valence-corrected chi connectivity index (χ3v) is 6.30. The molecule has 188 valence electrons. The van der Waals surface area contributed by atoms with Gasteiger partial charge in [-0.25, -0.2) is 0 Å². The van der Waals surface area contributed by atoms with Crippen molar-refractivity contribution in [3.8, 4) is 23.0 Å². The van der Waals surface area contributed by atoms with Crippen LogP contribution in [0.15, 0.2) is 77.7 Å². The highest BCUT2D eigenvalue weighted by atomic mass is 32.2. The van der Waals surface area contributed by atoms with Gasteiger partial charge in [-0.1, -0.05) is 36.4 Å². The van der Waals surface area contributed by atoms with Gasteiger partial charge in [0.25, 0.3) is 11.1 Å². The van der Waals surface area contributed by atoms with Gasteiger partial charge in [0.05, 0.1) is 4.91 Å². The molecule has 0 spiro atoms. The van der Waals surface area contributed by atoms with Crippen LogP contribution in [0.25, 0.3) is 6.08 Å². The van der Waals surface area contributed by atoms with Crippen LogP contribution in [0.3, 0.4) is 0 Å². The number of hydrogen-bond acceptors (Lipinski definition) is 8. The summed E-state index contributed by atoms with van der Waals surface area (Å²) in [5, 5.41) is 2.15. The Kier molecular flexibility index (Phi) is 7.27. The number of anilines is 1. The first-order valence-electron chi connectivity index (χ1n) is 11.4. The standard InChI is InChI=1S/C27H22N2O7S/c30-25(28-19-10-11-22-23(15-19)36-17-35-22)16-29-26(31)24(37-27(29)32)14-18-6-4-5-9-21(18)34-13-12-33-20-7-2-1-3-8-20/h1-11,14-15H,12-13,16-17H2,(H,28,30)/b24-14+. The number of amides is 3. The van der Waals surface area contributed by atoms with Gasteiger partial charge in [-0.3, -0.25) is 19.3 Å². The Labute approximate surface area is 217 Å². The fourth-order valence-electron chi connectivity index (χ4n) is 3.66. The van der Waals surface area contributed by atoms with Crippen molar-refractivity contribution in [3.63, 3.8) is 0 Å². The smallest absolute Gasteiger partial charge is 0.294 e. The highest BCUT2D eigenvalue weighted by molar-refractivity contribution is 8.18. The molecule has 2 aliphatic rings. The van der Waals surface area contributed by atoms with Crippen molar-refractivity contribution < 1.29 is 33.3 Å². The molecule has 0 aliphatic carbocycles. The molecule has 3 aromatic rings. The van der Waals surface area contributed by atoms with Gasteiger partial charge in [0.1, 0.15) is 31.3 Å². The average molecular weight is 519 g/mol.